The van der Waals surface area contributed by atoms with Gasteiger partial charge in [0.1, 0.15) is 12.4 Å². The Balaban J connectivity index is 2.01. The molecule has 1 N–H and O–H groups in total. The van der Waals surface area contributed by atoms with Crippen LogP contribution >= 0.6 is 22.9 Å². The van der Waals surface area contributed by atoms with Crippen molar-refractivity contribution in [2.24, 2.45) is 0 Å². The molecule has 0 aliphatic rings. The smallest absolute Gasteiger partial charge is 0.124 e. The molecular weight excluding hydrogens is 278 g/mol. The summed E-state index contributed by atoms with van der Waals surface area (Å²) in [6.07, 6.45) is 1.12. The maximum absolute atomic E-state index is 6.05. The first-order valence-corrected chi connectivity index (χ1v) is 7.69. The van der Waals surface area contributed by atoms with E-state index in [1.165, 1.54) is 4.88 Å². The lowest BCUT2D eigenvalue weighted by atomic mass is 10.2. The van der Waals surface area contributed by atoms with Gasteiger partial charge < -0.3 is 10.1 Å². The minimum Gasteiger partial charge on any atom is -0.488 e. The van der Waals surface area contributed by atoms with E-state index in [1.807, 2.05) is 24.3 Å². The van der Waals surface area contributed by atoms with Gasteiger partial charge in [-0.25, -0.2) is 0 Å². The van der Waals surface area contributed by atoms with Crippen LogP contribution in [0.2, 0.25) is 5.02 Å². The molecular formula is C15H18ClNOS. The van der Waals surface area contributed by atoms with Crippen LogP contribution in [0.5, 0.6) is 5.75 Å². The molecule has 19 heavy (non-hydrogen) atoms. The minimum absolute atomic E-state index is 0.611. The van der Waals surface area contributed by atoms with Crippen LogP contribution in [0.3, 0.4) is 0 Å². The number of thiophene rings is 1. The summed E-state index contributed by atoms with van der Waals surface area (Å²) in [6, 6.07) is 9.89. The van der Waals surface area contributed by atoms with E-state index >= 15 is 0 Å². The van der Waals surface area contributed by atoms with E-state index in [4.69, 9.17) is 16.3 Å². The molecule has 0 spiro atoms. The first-order chi connectivity index (χ1) is 9.29. The number of halogens is 1. The highest BCUT2D eigenvalue weighted by molar-refractivity contribution is 7.09. The monoisotopic (exact) mass is 295 g/mol. The Morgan fingerprint density at radius 3 is 2.95 bits per heavy atom. The number of benzene rings is 1. The van der Waals surface area contributed by atoms with Crippen LogP contribution in [-0.4, -0.2) is 6.54 Å². The Labute approximate surface area is 123 Å². The zero-order chi connectivity index (χ0) is 13.5. The number of rotatable bonds is 7. The van der Waals surface area contributed by atoms with Crippen molar-refractivity contribution >= 4 is 22.9 Å². The first kappa shape index (κ1) is 14.4. The summed E-state index contributed by atoms with van der Waals surface area (Å²) >= 11 is 7.75. The highest BCUT2D eigenvalue weighted by atomic mass is 35.5. The molecule has 1 aromatic heterocycles. The molecule has 0 saturated heterocycles. The molecule has 2 nitrogen and oxygen atoms in total. The Bertz CT molecular complexity index is 499. The molecule has 4 heteroatoms. The fourth-order valence-electron chi connectivity index (χ4n) is 1.77. The topological polar surface area (TPSA) is 21.3 Å². The summed E-state index contributed by atoms with van der Waals surface area (Å²) in [7, 11) is 0. The normalized spacial score (nSPS) is 10.6. The van der Waals surface area contributed by atoms with Gasteiger partial charge >= 0.3 is 0 Å². The molecule has 1 heterocycles. The van der Waals surface area contributed by atoms with E-state index in [-0.39, 0.29) is 0 Å². The maximum atomic E-state index is 6.05. The second-order valence-corrected chi connectivity index (χ2v) is 5.77. The Morgan fingerprint density at radius 1 is 1.32 bits per heavy atom. The van der Waals surface area contributed by atoms with Gasteiger partial charge in [-0.1, -0.05) is 24.6 Å². The predicted molar refractivity (Wildman–Crippen MR) is 82.1 cm³/mol. The Hall–Kier alpha value is -1.03. The maximum Gasteiger partial charge on any atom is 0.124 e. The van der Waals surface area contributed by atoms with Gasteiger partial charge in [0.05, 0.1) is 0 Å². The van der Waals surface area contributed by atoms with Crippen LogP contribution in [0.15, 0.2) is 35.7 Å². The third-order valence-corrected chi connectivity index (χ3v) is 3.80. The zero-order valence-corrected chi connectivity index (χ0v) is 12.6. The fraction of sp³-hybridized carbons (Fsp3) is 0.333. The molecule has 0 fully saturated rings. The number of hydrogen-bond donors (Lipinski definition) is 1. The molecule has 0 unspecified atom stereocenters. The average molecular weight is 296 g/mol. The molecule has 0 saturated carbocycles. The van der Waals surface area contributed by atoms with Crippen LogP contribution in [0.1, 0.15) is 23.8 Å². The highest BCUT2D eigenvalue weighted by Crippen LogP contribution is 2.24. The molecule has 0 radical (unpaired) electrons. The standard InChI is InChI=1S/C15H18ClNOS/c1-2-7-17-10-12-9-13(16)5-6-15(12)18-11-14-4-3-8-19-14/h3-6,8-9,17H,2,7,10-11H2,1H3. The van der Waals surface area contributed by atoms with Crippen LogP contribution in [0, 0.1) is 0 Å². The van der Waals surface area contributed by atoms with Gasteiger partial charge in [0.25, 0.3) is 0 Å². The zero-order valence-electron chi connectivity index (χ0n) is 11.0. The van der Waals surface area contributed by atoms with E-state index in [0.29, 0.717) is 6.61 Å². The van der Waals surface area contributed by atoms with Crippen molar-refractivity contribution in [2.45, 2.75) is 26.5 Å². The number of ether oxygens (including phenoxy) is 1. The van der Waals surface area contributed by atoms with Gasteiger partial charge in [-0.15, -0.1) is 11.3 Å². The summed E-state index contributed by atoms with van der Waals surface area (Å²) in [6.45, 7) is 4.55. The van der Waals surface area contributed by atoms with Crippen molar-refractivity contribution in [2.75, 3.05) is 6.54 Å². The van der Waals surface area contributed by atoms with Crippen molar-refractivity contribution in [3.63, 3.8) is 0 Å². The largest absolute Gasteiger partial charge is 0.488 e. The molecule has 0 aliphatic heterocycles. The predicted octanol–water partition coefficient (Wildman–Crippen LogP) is 4.48. The lowest BCUT2D eigenvalue weighted by molar-refractivity contribution is 0.305. The minimum atomic E-state index is 0.611. The van der Waals surface area contributed by atoms with Gasteiger partial charge in [0.2, 0.25) is 0 Å². The molecule has 1 aromatic carbocycles. The second kappa shape index (κ2) is 7.53. The van der Waals surface area contributed by atoms with Crippen molar-refractivity contribution in [3.05, 3.63) is 51.2 Å². The van der Waals surface area contributed by atoms with Gasteiger partial charge in [-0.2, -0.15) is 0 Å². The number of nitrogens with one attached hydrogen (secondary N) is 1. The first-order valence-electron chi connectivity index (χ1n) is 6.44. The van der Waals surface area contributed by atoms with Gasteiger partial charge in [0.15, 0.2) is 0 Å². The van der Waals surface area contributed by atoms with Gasteiger partial charge in [0, 0.05) is 22.0 Å². The average Bonchev–Trinajstić information content (AvgIpc) is 2.91. The molecule has 0 aliphatic carbocycles. The quantitative estimate of drug-likeness (QED) is 0.761. The van der Waals surface area contributed by atoms with E-state index in [0.717, 1.165) is 35.8 Å². The third kappa shape index (κ3) is 4.53. The summed E-state index contributed by atoms with van der Waals surface area (Å²) < 4.78 is 5.88. The van der Waals surface area contributed by atoms with Crippen molar-refractivity contribution in [1.82, 2.24) is 5.32 Å². The van der Waals surface area contributed by atoms with E-state index in [1.54, 1.807) is 11.3 Å². The molecule has 2 rings (SSSR count). The van der Waals surface area contributed by atoms with E-state index in [9.17, 15) is 0 Å². The lowest BCUT2D eigenvalue weighted by Gasteiger charge is -2.12. The molecule has 0 amide bonds. The number of hydrogen-bond acceptors (Lipinski definition) is 3. The van der Waals surface area contributed by atoms with Gasteiger partial charge in [-0.3, -0.25) is 0 Å². The van der Waals surface area contributed by atoms with E-state index in [2.05, 4.69) is 23.7 Å². The third-order valence-electron chi connectivity index (χ3n) is 2.71. The van der Waals surface area contributed by atoms with Crippen LogP contribution in [0.4, 0.5) is 0 Å². The van der Waals surface area contributed by atoms with E-state index < -0.39 is 0 Å². The van der Waals surface area contributed by atoms with Crippen molar-refractivity contribution in [3.8, 4) is 5.75 Å². The lowest BCUT2D eigenvalue weighted by Crippen LogP contribution is -2.14. The summed E-state index contributed by atoms with van der Waals surface area (Å²) in [5.74, 6) is 0.904. The second-order valence-electron chi connectivity index (χ2n) is 4.30. The van der Waals surface area contributed by atoms with Crippen LogP contribution in [-0.2, 0) is 13.2 Å². The molecule has 102 valence electrons. The van der Waals surface area contributed by atoms with Crippen molar-refractivity contribution < 1.29 is 4.74 Å². The summed E-state index contributed by atoms with van der Waals surface area (Å²) in [5, 5.41) is 6.18. The van der Waals surface area contributed by atoms with Gasteiger partial charge in [-0.05, 0) is 42.6 Å². The molecule has 0 atom stereocenters. The Morgan fingerprint density at radius 2 is 2.21 bits per heavy atom. The molecule has 0 bridgehead atoms. The summed E-state index contributed by atoms with van der Waals surface area (Å²) in [4.78, 5) is 1.22. The highest BCUT2D eigenvalue weighted by Gasteiger charge is 2.05. The summed E-state index contributed by atoms with van der Waals surface area (Å²) in [5.41, 5.74) is 1.11. The van der Waals surface area contributed by atoms with Crippen LogP contribution < -0.4 is 10.1 Å². The van der Waals surface area contributed by atoms with Crippen molar-refractivity contribution in [1.29, 1.82) is 0 Å². The fourth-order valence-corrected chi connectivity index (χ4v) is 2.58. The SMILES string of the molecule is CCCNCc1cc(Cl)ccc1OCc1cccs1. The Kier molecular flexibility index (Phi) is 5.70. The van der Waals surface area contributed by atoms with Crippen LogP contribution in [0.25, 0.3) is 0 Å². The molecule has 2 aromatic rings.